The molecular weight excluding hydrogens is 274 g/mol. The van der Waals surface area contributed by atoms with Gasteiger partial charge in [-0.1, -0.05) is 17.7 Å². The third-order valence-corrected chi connectivity index (χ3v) is 3.22. The summed E-state index contributed by atoms with van der Waals surface area (Å²) in [5.41, 5.74) is 6.63. The molecule has 0 atom stereocenters. The van der Waals surface area contributed by atoms with E-state index >= 15 is 0 Å². The number of aryl methyl sites for hydroxylation is 1. The van der Waals surface area contributed by atoms with Gasteiger partial charge in [0.25, 0.3) is 5.91 Å². The molecule has 21 heavy (non-hydrogen) atoms. The van der Waals surface area contributed by atoms with E-state index in [2.05, 4.69) is 0 Å². The normalized spacial score (nSPS) is 10.5. The lowest BCUT2D eigenvalue weighted by Crippen LogP contribution is -2.31. The molecule has 110 valence electrons. The summed E-state index contributed by atoms with van der Waals surface area (Å²) in [6.07, 6.45) is 0. The first-order chi connectivity index (χ1) is 9.93. The summed E-state index contributed by atoms with van der Waals surface area (Å²) in [5, 5.41) is 0. The molecule has 2 N–H and O–H groups in total. The Hall–Kier alpha value is -2.43. The molecule has 2 rings (SSSR count). The van der Waals surface area contributed by atoms with Gasteiger partial charge in [0, 0.05) is 18.3 Å². The molecule has 0 spiro atoms. The van der Waals surface area contributed by atoms with E-state index in [-0.39, 0.29) is 11.3 Å². The largest absolute Gasteiger partial charge is 0.396 e. The Labute approximate surface area is 122 Å². The van der Waals surface area contributed by atoms with Gasteiger partial charge in [-0.25, -0.2) is 8.78 Å². The maximum Gasteiger partial charge on any atom is 0.261 e. The highest BCUT2D eigenvalue weighted by atomic mass is 19.1. The molecule has 0 aliphatic heterocycles. The Bertz CT molecular complexity index is 669. The van der Waals surface area contributed by atoms with Crippen molar-refractivity contribution in [3.05, 3.63) is 59.2 Å². The molecule has 0 heterocycles. The van der Waals surface area contributed by atoms with Crippen LogP contribution in [0.2, 0.25) is 0 Å². The number of carbonyl (C=O) groups excluding carboxylic acids is 1. The number of rotatable bonds is 3. The molecule has 5 heteroatoms. The van der Waals surface area contributed by atoms with Gasteiger partial charge in [-0.05, 0) is 32.0 Å². The number of benzene rings is 2. The number of nitrogens with zero attached hydrogens (tertiary/aromatic N) is 1. The lowest BCUT2D eigenvalue weighted by molar-refractivity contribution is 0.0984. The third-order valence-electron chi connectivity index (χ3n) is 3.22. The molecule has 0 aliphatic carbocycles. The average molecular weight is 290 g/mol. The van der Waals surface area contributed by atoms with Crippen molar-refractivity contribution in [2.24, 2.45) is 0 Å². The molecule has 0 unspecified atom stereocenters. The van der Waals surface area contributed by atoms with Crippen LogP contribution in [0.1, 0.15) is 22.8 Å². The van der Waals surface area contributed by atoms with Crippen molar-refractivity contribution in [2.75, 3.05) is 17.2 Å². The van der Waals surface area contributed by atoms with Crippen LogP contribution in [0, 0.1) is 18.6 Å². The number of amides is 1. The molecular formula is C16H16F2N2O. The van der Waals surface area contributed by atoms with Gasteiger partial charge in [-0.2, -0.15) is 0 Å². The quantitative estimate of drug-likeness (QED) is 0.879. The molecule has 0 aromatic heterocycles. The van der Waals surface area contributed by atoms with Gasteiger partial charge in [0.1, 0.15) is 11.6 Å². The highest BCUT2D eigenvalue weighted by molar-refractivity contribution is 6.06. The fourth-order valence-corrected chi connectivity index (χ4v) is 2.04. The number of hydrogen-bond acceptors (Lipinski definition) is 2. The second-order valence-corrected chi connectivity index (χ2v) is 4.74. The summed E-state index contributed by atoms with van der Waals surface area (Å²) >= 11 is 0. The van der Waals surface area contributed by atoms with Gasteiger partial charge >= 0.3 is 0 Å². The predicted molar refractivity (Wildman–Crippen MR) is 79.3 cm³/mol. The third kappa shape index (κ3) is 3.02. The molecule has 1 amide bonds. The van der Waals surface area contributed by atoms with E-state index in [4.69, 9.17) is 5.73 Å². The maximum atomic E-state index is 13.8. The Morgan fingerprint density at radius 2 is 1.76 bits per heavy atom. The molecule has 2 aromatic rings. The van der Waals surface area contributed by atoms with E-state index in [0.717, 1.165) is 11.6 Å². The monoisotopic (exact) mass is 290 g/mol. The SMILES string of the molecule is CCN(C(=O)c1cc(N)c(F)cc1F)c1ccc(C)cc1. The minimum atomic E-state index is -0.919. The fraction of sp³-hybridized carbons (Fsp3) is 0.188. The number of nitrogens with two attached hydrogens (primary N) is 1. The summed E-state index contributed by atoms with van der Waals surface area (Å²) in [6, 6.07) is 8.94. The Balaban J connectivity index is 2.41. The number of nitrogen functional groups attached to an aromatic ring is 1. The molecule has 0 saturated carbocycles. The standard InChI is InChI=1S/C16H16F2N2O/c1-3-20(11-6-4-10(2)5-7-11)16(21)12-8-15(19)14(18)9-13(12)17/h4-9H,3,19H2,1-2H3. The predicted octanol–water partition coefficient (Wildman–Crippen LogP) is 3.52. The van der Waals surface area contributed by atoms with Gasteiger partial charge < -0.3 is 10.6 Å². The summed E-state index contributed by atoms with van der Waals surface area (Å²) in [6.45, 7) is 4.07. The molecule has 3 nitrogen and oxygen atoms in total. The lowest BCUT2D eigenvalue weighted by Gasteiger charge is -2.21. The smallest absolute Gasteiger partial charge is 0.261 e. The number of carbonyl (C=O) groups is 1. The van der Waals surface area contributed by atoms with Crippen LogP contribution in [-0.2, 0) is 0 Å². The first kappa shape index (κ1) is 15.0. The highest BCUT2D eigenvalue weighted by Gasteiger charge is 2.21. The van der Waals surface area contributed by atoms with E-state index < -0.39 is 17.5 Å². The first-order valence-corrected chi connectivity index (χ1v) is 6.57. The molecule has 0 fully saturated rings. The van der Waals surface area contributed by atoms with Crippen molar-refractivity contribution in [3.8, 4) is 0 Å². The van der Waals surface area contributed by atoms with Crippen molar-refractivity contribution in [3.63, 3.8) is 0 Å². The second-order valence-electron chi connectivity index (χ2n) is 4.74. The number of halogens is 2. The molecule has 0 radical (unpaired) electrons. The Kier molecular flexibility index (Phi) is 4.21. The van der Waals surface area contributed by atoms with Gasteiger partial charge in [-0.15, -0.1) is 0 Å². The molecule has 2 aromatic carbocycles. The van der Waals surface area contributed by atoms with Crippen LogP contribution in [0.3, 0.4) is 0 Å². The summed E-state index contributed by atoms with van der Waals surface area (Å²) < 4.78 is 27.0. The maximum absolute atomic E-state index is 13.8. The number of hydrogen-bond donors (Lipinski definition) is 1. The Morgan fingerprint density at radius 1 is 1.14 bits per heavy atom. The van der Waals surface area contributed by atoms with E-state index in [1.165, 1.54) is 4.90 Å². The van der Waals surface area contributed by atoms with Crippen LogP contribution in [0.4, 0.5) is 20.2 Å². The van der Waals surface area contributed by atoms with Crippen LogP contribution in [0.5, 0.6) is 0 Å². The van der Waals surface area contributed by atoms with Crippen LogP contribution < -0.4 is 10.6 Å². The molecule has 0 bridgehead atoms. The van der Waals surface area contributed by atoms with Gasteiger partial charge in [0.15, 0.2) is 0 Å². The second kappa shape index (κ2) is 5.91. The van der Waals surface area contributed by atoms with Gasteiger partial charge in [0.05, 0.1) is 11.3 Å². The van der Waals surface area contributed by atoms with Crippen LogP contribution in [-0.4, -0.2) is 12.5 Å². The van der Waals surface area contributed by atoms with E-state index in [9.17, 15) is 13.6 Å². The van der Waals surface area contributed by atoms with Crippen molar-refractivity contribution in [1.29, 1.82) is 0 Å². The van der Waals surface area contributed by atoms with E-state index in [1.54, 1.807) is 19.1 Å². The average Bonchev–Trinajstić information content (AvgIpc) is 2.45. The minimum absolute atomic E-state index is 0.240. The molecule has 0 saturated heterocycles. The summed E-state index contributed by atoms with van der Waals surface area (Å²) in [4.78, 5) is 13.9. The zero-order valence-electron chi connectivity index (χ0n) is 11.9. The summed E-state index contributed by atoms with van der Waals surface area (Å²) in [7, 11) is 0. The Morgan fingerprint density at radius 3 is 2.33 bits per heavy atom. The fourth-order valence-electron chi connectivity index (χ4n) is 2.04. The van der Waals surface area contributed by atoms with Crippen LogP contribution in [0.25, 0.3) is 0 Å². The van der Waals surface area contributed by atoms with E-state index in [0.29, 0.717) is 18.3 Å². The van der Waals surface area contributed by atoms with E-state index in [1.807, 2.05) is 19.1 Å². The van der Waals surface area contributed by atoms with Crippen molar-refractivity contribution in [2.45, 2.75) is 13.8 Å². The summed E-state index contributed by atoms with van der Waals surface area (Å²) in [5.74, 6) is -2.34. The topological polar surface area (TPSA) is 46.3 Å². The van der Waals surface area contributed by atoms with Gasteiger partial charge in [0.2, 0.25) is 0 Å². The minimum Gasteiger partial charge on any atom is -0.396 e. The number of anilines is 2. The van der Waals surface area contributed by atoms with Crippen molar-refractivity contribution < 1.29 is 13.6 Å². The van der Waals surface area contributed by atoms with Crippen LogP contribution in [0.15, 0.2) is 36.4 Å². The zero-order chi connectivity index (χ0) is 15.6. The van der Waals surface area contributed by atoms with Gasteiger partial charge in [-0.3, -0.25) is 4.79 Å². The lowest BCUT2D eigenvalue weighted by atomic mass is 10.1. The van der Waals surface area contributed by atoms with Crippen molar-refractivity contribution >= 4 is 17.3 Å². The van der Waals surface area contributed by atoms with Crippen LogP contribution >= 0.6 is 0 Å². The zero-order valence-corrected chi connectivity index (χ0v) is 11.9. The highest BCUT2D eigenvalue weighted by Crippen LogP contribution is 2.22. The molecule has 0 aliphatic rings. The van der Waals surface area contributed by atoms with Crippen molar-refractivity contribution in [1.82, 2.24) is 0 Å². The first-order valence-electron chi connectivity index (χ1n) is 6.57.